The predicted molar refractivity (Wildman–Crippen MR) is 79.4 cm³/mol. The highest BCUT2D eigenvalue weighted by atomic mass is 16.5. The number of carbonyl (C=O) groups is 2. The molecule has 2 rings (SSSR count). The summed E-state index contributed by atoms with van der Waals surface area (Å²) in [5.74, 6) is -0.897. The number of amides is 1. The maximum atomic E-state index is 12.0. The van der Waals surface area contributed by atoms with Gasteiger partial charge in [-0.2, -0.15) is 5.10 Å². The molecule has 0 fully saturated rings. The number of aromatic nitrogens is 2. The van der Waals surface area contributed by atoms with Gasteiger partial charge in [-0.3, -0.25) is 9.59 Å². The average molecular weight is 303 g/mol. The zero-order valence-electron chi connectivity index (χ0n) is 12.5. The number of hydrogen-bond acceptors (Lipinski definition) is 4. The summed E-state index contributed by atoms with van der Waals surface area (Å²) in [4.78, 5) is 22.8. The highest BCUT2D eigenvalue weighted by molar-refractivity contribution is 5.95. The van der Waals surface area contributed by atoms with E-state index in [0.29, 0.717) is 0 Å². The van der Waals surface area contributed by atoms with Crippen LogP contribution in [0.1, 0.15) is 23.1 Å². The van der Waals surface area contributed by atoms with Crippen LogP contribution >= 0.6 is 0 Å². The van der Waals surface area contributed by atoms with Gasteiger partial charge in [0.25, 0.3) is 5.91 Å². The zero-order chi connectivity index (χ0) is 16.3. The van der Waals surface area contributed by atoms with Gasteiger partial charge < -0.3 is 15.2 Å². The van der Waals surface area contributed by atoms with Gasteiger partial charge in [0.1, 0.15) is 11.8 Å². The number of aliphatic carboxylic acids is 1. The van der Waals surface area contributed by atoms with Crippen molar-refractivity contribution in [2.75, 3.05) is 7.11 Å². The maximum absolute atomic E-state index is 12.0. The van der Waals surface area contributed by atoms with Crippen LogP contribution in [0.2, 0.25) is 0 Å². The largest absolute Gasteiger partial charge is 0.497 e. The molecule has 2 aromatic rings. The zero-order valence-corrected chi connectivity index (χ0v) is 12.5. The van der Waals surface area contributed by atoms with E-state index in [1.54, 1.807) is 30.0 Å². The molecule has 2 N–H and O–H groups in total. The third-order valence-electron chi connectivity index (χ3n) is 3.16. The van der Waals surface area contributed by atoms with Crippen molar-refractivity contribution in [2.45, 2.75) is 19.9 Å². The molecule has 116 valence electrons. The average Bonchev–Trinajstić information content (AvgIpc) is 2.89. The quantitative estimate of drug-likeness (QED) is 0.870. The summed E-state index contributed by atoms with van der Waals surface area (Å²) in [5, 5.41) is 15.4. The van der Waals surface area contributed by atoms with E-state index in [1.807, 2.05) is 19.1 Å². The molecule has 0 unspecified atom stereocenters. The van der Waals surface area contributed by atoms with Gasteiger partial charge in [-0.25, -0.2) is 4.68 Å². The lowest BCUT2D eigenvalue weighted by Gasteiger charge is -2.07. The molecule has 1 atom stereocenters. The number of benzene rings is 1. The Morgan fingerprint density at radius 1 is 1.32 bits per heavy atom. The lowest BCUT2D eigenvalue weighted by molar-refractivity contribution is -0.138. The highest BCUT2D eigenvalue weighted by Crippen LogP contribution is 2.16. The molecule has 0 aliphatic rings. The van der Waals surface area contributed by atoms with Gasteiger partial charge >= 0.3 is 5.97 Å². The van der Waals surface area contributed by atoms with Gasteiger partial charge in [-0.15, -0.1) is 0 Å². The summed E-state index contributed by atoms with van der Waals surface area (Å²) in [7, 11) is 1.58. The molecule has 7 nitrogen and oxygen atoms in total. The second kappa shape index (κ2) is 6.30. The molecule has 0 aliphatic carbocycles. The topological polar surface area (TPSA) is 93.5 Å². The van der Waals surface area contributed by atoms with E-state index in [4.69, 9.17) is 9.84 Å². The van der Waals surface area contributed by atoms with Crippen LogP contribution in [-0.2, 0) is 4.79 Å². The Morgan fingerprint density at radius 2 is 1.95 bits per heavy atom. The number of carbonyl (C=O) groups excluding carboxylic acids is 1. The number of ether oxygens (including phenoxy) is 1. The predicted octanol–water partition coefficient (Wildman–Crippen LogP) is 1.39. The number of carboxylic acids is 1. The van der Waals surface area contributed by atoms with Crippen molar-refractivity contribution in [1.82, 2.24) is 15.1 Å². The Hall–Kier alpha value is -2.83. The highest BCUT2D eigenvalue weighted by Gasteiger charge is 2.18. The van der Waals surface area contributed by atoms with E-state index < -0.39 is 17.9 Å². The molecular weight excluding hydrogens is 286 g/mol. The number of nitrogens with one attached hydrogen (secondary N) is 1. The summed E-state index contributed by atoms with van der Waals surface area (Å²) in [6, 6.07) is 7.86. The van der Waals surface area contributed by atoms with Crippen LogP contribution in [-0.4, -0.2) is 39.9 Å². The SMILES string of the molecule is COc1ccc(-n2nc(C(=O)N[C@@H](C)C(=O)O)cc2C)cc1. The monoisotopic (exact) mass is 303 g/mol. The van der Waals surface area contributed by atoms with E-state index in [-0.39, 0.29) is 5.69 Å². The fourth-order valence-corrected chi connectivity index (χ4v) is 1.90. The van der Waals surface area contributed by atoms with Crippen molar-refractivity contribution >= 4 is 11.9 Å². The van der Waals surface area contributed by atoms with Crippen molar-refractivity contribution in [2.24, 2.45) is 0 Å². The van der Waals surface area contributed by atoms with Crippen molar-refractivity contribution in [3.05, 3.63) is 41.7 Å². The first-order chi connectivity index (χ1) is 10.4. The molecule has 0 radical (unpaired) electrons. The summed E-state index contributed by atoms with van der Waals surface area (Å²) in [6.45, 7) is 3.21. The fourth-order valence-electron chi connectivity index (χ4n) is 1.90. The van der Waals surface area contributed by atoms with Gasteiger partial charge in [0.2, 0.25) is 0 Å². The van der Waals surface area contributed by atoms with E-state index in [9.17, 15) is 9.59 Å². The molecule has 7 heteroatoms. The van der Waals surface area contributed by atoms with Crippen LogP contribution in [0.5, 0.6) is 5.75 Å². The van der Waals surface area contributed by atoms with Gasteiger partial charge in [0.05, 0.1) is 12.8 Å². The first kappa shape index (κ1) is 15.6. The first-order valence-corrected chi connectivity index (χ1v) is 6.67. The second-order valence-electron chi connectivity index (χ2n) is 4.81. The standard InChI is InChI=1S/C15H17N3O4/c1-9-8-13(14(19)16-10(2)15(20)21)17-18(9)11-4-6-12(22-3)7-5-11/h4-8,10H,1-3H3,(H,16,19)(H,20,21)/t10-/m0/s1. The molecule has 1 heterocycles. The van der Waals surface area contributed by atoms with Crippen molar-refractivity contribution in [1.29, 1.82) is 0 Å². The summed E-state index contributed by atoms with van der Waals surface area (Å²) >= 11 is 0. The summed E-state index contributed by atoms with van der Waals surface area (Å²) in [5.41, 5.74) is 1.71. The van der Waals surface area contributed by atoms with Crippen LogP contribution in [0.4, 0.5) is 0 Å². The molecular formula is C15H17N3O4. The number of nitrogens with zero attached hydrogens (tertiary/aromatic N) is 2. The van der Waals surface area contributed by atoms with Crippen molar-refractivity contribution in [3.63, 3.8) is 0 Å². The third kappa shape index (κ3) is 3.25. The van der Waals surface area contributed by atoms with Gasteiger partial charge in [-0.1, -0.05) is 0 Å². The Kier molecular flexibility index (Phi) is 4.45. The fraction of sp³-hybridized carbons (Fsp3) is 0.267. The summed E-state index contributed by atoms with van der Waals surface area (Å²) < 4.78 is 6.71. The summed E-state index contributed by atoms with van der Waals surface area (Å²) in [6.07, 6.45) is 0. The second-order valence-corrected chi connectivity index (χ2v) is 4.81. The maximum Gasteiger partial charge on any atom is 0.325 e. The minimum Gasteiger partial charge on any atom is -0.497 e. The molecule has 0 saturated carbocycles. The molecule has 0 aliphatic heterocycles. The van der Waals surface area contributed by atoms with Crippen LogP contribution in [0.25, 0.3) is 5.69 Å². The Bertz CT molecular complexity index is 691. The van der Waals surface area contributed by atoms with Crippen LogP contribution in [0, 0.1) is 6.92 Å². The lowest BCUT2D eigenvalue weighted by Crippen LogP contribution is -2.38. The molecule has 0 bridgehead atoms. The number of hydrogen-bond donors (Lipinski definition) is 2. The van der Waals surface area contributed by atoms with Crippen molar-refractivity contribution < 1.29 is 19.4 Å². The number of aryl methyl sites for hydroxylation is 1. The van der Waals surface area contributed by atoms with E-state index in [1.165, 1.54) is 6.92 Å². The first-order valence-electron chi connectivity index (χ1n) is 6.67. The Balaban J connectivity index is 2.23. The molecule has 1 amide bonds. The number of methoxy groups -OCH3 is 1. The molecule has 1 aromatic carbocycles. The molecule has 0 saturated heterocycles. The lowest BCUT2D eigenvalue weighted by atomic mass is 10.3. The van der Waals surface area contributed by atoms with Gasteiger partial charge in [0.15, 0.2) is 5.69 Å². The molecule has 22 heavy (non-hydrogen) atoms. The van der Waals surface area contributed by atoms with E-state index in [2.05, 4.69) is 10.4 Å². The minimum atomic E-state index is -1.10. The van der Waals surface area contributed by atoms with E-state index in [0.717, 1.165) is 17.1 Å². The van der Waals surface area contributed by atoms with Gasteiger partial charge in [0, 0.05) is 5.69 Å². The van der Waals surface area contributed by atoms with Crippen LogP contribution < -0.4 is 10.1 Å². The van der Waals surface area contributed by atoms with Gasteiger partial charge in [-0.05, 0) is 44.2 Å². The normalized spacial score (nSPS) is 11.8. The van der Waals surface area contributed by atoms with Crippen LogP contribution in [0.15, 0.2) is 30.3 Å². The number of rotatable bonds is 5. The van der Waals surface area contributed by atoms with Crippen molar-refractivity contribution in [3.8, 4) is 11.4 Å². The molecule has 0 spiro atoms. The smallest absolute Gasteiger partial charge is 0.325 e. The molecule has 1 aromatic heterocycles. The number of carboxylic acid groups (broad SMARTS) is 1. The third-order valence-corrected chi connectivity index (χ3v) is 3.16. The minimum absolute atomic E-state index is 0.168. The van der Waals surface area contributed by atoms with Crippen LogP contribution in [0.3, 0.4) is 0 Å². The Morgan fingerprint density at radius 3 is 2.50 bits per heavy atom. The van der Waals surface area contributed by atoms with E-state index >= 15 is 0 Å². The Labute approximate surface area is 127 Å².